The van der Waals surface area contributed by atoms with E-state index in [9.17, 15) is 18.3 Å². The second-order valence-electron chi connectivity index (χ2n) is 2.73. The number of aromatic hydroxyl groups is 1. The van der Waals surface area contributed by atoms with Gasteiger partial charge in [-0.2, -0.15) is 0 Å². The SMILES string of the molecule is CS(=O)(=O)c1cccc(C(=O)O)c1O. The maximum Gasteiger partial charge on any atom is 0.339 e. The summed E-state index contributed by atoms with van der Waals surface area (Å²) in [5.41, 5.74) is -0.423. The third kappa shape index (κ3) is 1.85. The van der Waals surface area contributed by atoms with Gasteiger partial charge in [0.2, 0.25) is 0 Å². The van der Waals surface area contributed by atoms with Crippen molar-refractivity contribution in [2.24, 2.45) is 0 Å². The highest BCUT2D eigenvalue weighted by molar-refractivity contribution is 7.90. The molecule has 0 spiro atoms. The summed E-state index contributed by atoms with van der Waals surface area (Å²) in [6.45, 7) is 0. The molecular weight excluding hydrogens is 208 g/mol. The maximum absolute atomic E-state index is 11.1. The molecule has 0 atom stereocenters. The largest absolute Gasteiger partial charge is 0.506 e. The predicted molar refractivity (Wildman–Crippen MR) is 48.2 cm³/mol. The lowest BCUT2D eigenvalue weighted by Gasteiger charge is -2.04. The summed E-state index contributed by atoms with van der Waals surface area (Å²) in [6.07, 6.45) is 0.897. The number of carboxylic acids is 1. The fourth-order valence-corrected chi connectivity index (χ4v) is 1.78. The molecule has 2 N–H and O–H groups in total. The molecule has 76 valence electrons. The van der Waals surface area contributed by atoms with E-state index in [1.165, 1.54) is 6.07 Å². The first-order chi connectivity index (χ1) is 6.34. The average molecular weight is 216 g/mol. The number of para-hydroxylation sites is 1. The zero-order valence-electron chi connectivity index (χ0n) is 7.26. The fraction of sp³-hybridized carbons (Fsp3) is 0.125. The van der Waals surface area contributed by atoms with Gasteiger partial charge in [0.25, 0.3) is 0 Å². The molecular formula is C8H8O5S. The van der Waals surface area contributed by atoms with Crippen LogP contribution < -0.4 is 0 Å². The van der Waals surface area contributed by atoms with Crippen LogP contribution in [-0.4, -0.2) is 30.9 Å². The molecule has 0 heterocycles. The Morgan fingerprint density at radius 1 is 1.36 bits per heavy atom. The first-order valence-electron chi connectivity index (χ1n) is 3.59. The van der Waals surface area contributed by atoms with Crippen LogP contribution in [0.4, 0.5) is 0 Å². The summed E-state index contributed by atoms with van der Waals surface area (Å²) >= 11 is 0. The molecule has 0 aromatic heterocycles. The Morgan fingerprint density at radius 3 is 2.36 bits per heavy atom. The van der Waals surface area contributed by atoms with Crippen molar-refractivity contribution in [3.8, 4) is 5.75 Å². The van der Waals surface area contributed by atoms with Crippen molar-refractivity contribution in [3.63, 3.8) is 0 Å². The van der Waals surface area contributed by atoms with E-state index in [1.807, 2.05) is 0 Å². The fourth-order valence-electron chi connectivity index (χ4n) is 0.994. The van der Waals surface area contributed by atoms with Crippen LogP contribution in [0, 0.1) is 0 Å². The van der Waals surface area contributed by atoms with Crippen molar-refractivity contribution in [3.05, 3.63) is 23.8 Å². The number of aromatic carboxylic acids is 1. The Kier molecular flexibility index (Phi) is 2.48. The van der Waals surface area contributed by atoms with Crippen molar-refractivity contribution in [1.82, 2.24) is 0 Å². The van der Waals surface area contributed by atoms with Gasteiger partial charge in [-0.25, -0.2) is 13.2 Å². The normalized spacial score (nSPS) is 11.2. The zero-order valence-corrected chi connectivity index (χ0v) is 8.08. The molecule has 0 unspecified atom stereocenters. The summed E-state index contributed by atoms with van der Waals surface area (Å²) in [7, 11) is -3.60. The van der Waals surface area contributed by atoms with Crippen LogP contribution in [0.15, 0.2) is 23.1 Å². The summed E-state index contributed by atoms with van der Waals surface area (Å²) in [5.74, 6) is -2.09. The third-order valence-electron chi connectivity index (χ3n) is 1.63. The van der Waals surface area contributed by atoms with Crippen LogP contribution in [-0.2, 0) is 9.84 Å². The monoisotopic (exact) mass is 216 g/mol. The van der Waals surface area contributed by atoms with Crippen LogP contribution in [0.2, 0.25) is 0 Å². The van der Waals surface area contributed by atoms with Gasteiger partial charge in [0.15, 0.2) is 9.84 Å². The molecule has 0 saturated heterocycles. The molecule has 1 aromatic rings. The van der Waals surface area contributed by atoms with E-state index in [2.05, 4.69) is 0 Å². The van der Waals surface area contributed by atoms with Crippen LogP contribution in [0.1, 0.15) is 10.4 Å². The van der Waals surface area contributed by atoms with E-state index in [4.69, 9.17) is 5.11 Å². The van der Waals surface area contributed by atoms with Crippen molar-refractivity contribution in [2.75, 3.05) is 6.26 Å². The number of carbonyl (C=O) groups is 1. The van der Waals surface area contributed by atoms with Crippen molar-refractivity contribution in [2.45, 2.75) is 4.90 Å². The third-order valence-corrected chi connectivity index (χ3v) is 2.76. The molecule has 0 amide bonds. The van der Waals surface area contributed by atoms with Gasteiger partial charge < -0.3 is 10.2 Å². The van der Waals surface area contributed by atoms with Gasteiger partial charge in [-0.15, -0.1) is 0 Å². The van der Waals surface area contributed by atoms with Crippen LogP contribution in [0.25, 0.3) is 0 Å². The van der Waals surface area contributed by atoms with E-state index < -0.39 is 27.1 Å². The smallest absolute Gasteiger partial charge is 0.339 e. The van der Waals surface area contributed by atoms with Gasteiger partial charge in [-0.1, -0.05) is 6.07 Å². The van der Waals surface area contributed by atoms with E-state index in [0.29, 0.717) is 0 Å². The standard InChI is InChI=1S/C8H8O5S/c1-14(12,13)6-4-2-3-5(7(6)9)8(10)11/h2-4,9H,1H3,(H,10,11). The molecule has 0 aliphatic rings. The molecule has 0 saturated carbocycles. The molecule has 5 nitrogen and oxygen atoms in total. The second-order valence-corrected chi connectivity index (χ2v) is 4.71. The highest BCUT2D eigenvalue weighted by Gasteiger charge is 2.18. The second kappa shape index (κ2) is 3.30. The molecule has 0 radical (unpaired) electrons. The number of phenols is 1. The molecule has 6 heteroatoms. The Labute approximate surface area is 80.5 Å². The summed E-state index contributed by atoms with van der Waals surface area (Å²) in [5, 5.41) is 17.9. The minimum atomic E-state index is -3.60. The Balaban J connectivity index is 3.51. The number of carboxylic acid groups (broad SMARTS) is 1. The van der Waals surface area contributed by atoms with Gasteiger partial charge in [0.1, 0.15) is 16.2 Å². The Morgan fingerprint density at radius 2 is 1.93 bits per heavy atom. The minimum absolute atomic E-state index is 0.377. The molecule has 0 aliphatic carbocycles. The van der Waals surface area contributed by atoms with Gasteiger partial charge >= 0.3 is 5.97 Å². The van der Waals surface area contributed by atoms with Crippen LogP contribution in [0.5, 0.6) is 5.75 Å². The van der Waals surface area contributed by atoms with E-state index >= 15 is 0 Å². The minimum Gasteiger partial charge on any atom is -0.506 e. The summed E-state index contributed by atoms with van der Waals surface area (Å²) in [4.78, 5) is 10.2. The molecule has 0 aliphatic heterocycles. The number of sulfone groups is 1. The lowest BCUT2D eigenvalue weighted by molar-refractivity contribution is 0.0693. The molecule has 1 rings (SSSR count). The van der Waals surface area contributed by atoms with Gasteiger partial charge in [-0.05, 0) is 12.1 Å². The Bertz CT molecular complexity index is 475. The number of hydrogen-bond acceptors (Lipinski definition) is 4. The highest BCUT2D eigenvalue weighted by atomic mass is 32.2. The van der Waals surface area contributed by atoms with Crippen LogP contribution in [0.3, 0.4) is 0 Å². The Hall–Kier alpha value is -1.56. The van der Waals surface area contributed by atoms with Gasteiger partial charge in [-0.3, -0.25) is 0 Å². The van der Waals surface area contributed by atoms with Crippen molar-refractivity contribution in [1.29, 1.82) is 0 Å². The predicted octanol–water partition coefficient (Wildman–Crippen LogP) is 0.494. The van der Waals surface area contributed by atoms with Gasteiger partial charge in [0, 0.05) is 6.26 Å². The van der Waals surface area contributed by atoms with E-state index in [1.54, 1.807) is 0 Å². The number of rotatable bonds is 2. The molecule has 14 heavy (non-hydrogen) atoms. The summed E-state index contributed by atoms with van der Waals surface area (Å²) in [6, 6.07) is 3.54. The lowest BCUT2D eigenvalue weighted by atomic mass is 10.2. The topological polar surface area (TPSA) is 91.7 Å². The van der Waals surface area contributed by atoms with E-state index in [0.717, 1.165) is 18.4 Å². The number of benzene rings is 1. The lowest BCUT2D eigenvalue weighted by Crippen LogP contribution is -2.03. The summed E-state index contributed by atoms with van der Waals surface area (Å²) < 4.78 is 22.2. The highest BCUT2D eigenvalue weighted by Crippen LogP contribution is 2.26. The first-order valence-corrected chi connectivity index (χ1v) is 5.48. The quantitative estimate of drug-likeness (QED) is 0.750. The van der Waals surface area contributed by atoms with E-state index in [-0.39, 0.29) is 4.90 Å². The van der Waals surface area contributed by atoms with Crippen molar-refractivity contribution < 1.29 is 23.4 Å². The number of hydrogen-bond donors (Lipinski definition) is 2. The maximum atomic E-state index is 11.1. The van der Waals surface area contributed by atoms with Crippen LogP contribution >= 0.6 is 0 Å². The average Bonchev–Trinajstić information content (AvgIpc) is 2.01. The van der Waals surface area contributed by atoms with Crippen molar-refractivity contribution >= 4 is 15.8 Å². The molecule has 1 aromatic carbocycles. The first kappa shape index (κ1) is 10.5. The zero-order chi connectivity index (χ0) is 10.9. The van der Waals surface area contributed by atoms with Gasteiger partial charge in [0.05, 0.1) is 0 Å². The molecule has 0 bridgehead atoms. The molecule has 0 fully saturated rings.